The quantitative estimate of drug-likeness (QED) is 0.676. The van der Waals surface area contributed by atoms with Gasteiger partial charge in [-0.3, -0.25) is 9.59 Å². The molecule has 3 aromatic rings. The van der Waals surface area contributed by atoms with Crippen LogP contribution >= 0.6 is 11.6 Å². The first-order valence-corrected chi connectivity index (χ1v) is 8.14. The van der Waals surface area contributed by atoms with Crippen molar-refractivity contribution in [1.29, 1.82) is 0 Å². The normalized spacial score (nSPS) is 10.7. The summed E-state index contributed by atoms with van der Waals surface area (Å²) >= 11 is 6.08. The van der Waals surface area contributed by atoms with E-state index in [1.54, 1.807) is 24.3 Å². The van der Waals surface area contributed by atoms with E-state index in [0.717, 1.165) is 6.07 Å². The Hall–Kier alpha value is -3.06. The third-order valence-electron chi connectivity index (χ3n) is 3.85. The van der Waals surface area contributed by atoms with Gasteiger partial charge in [0.1, 0.15) is 5.56 Å². The second-order valence-corrected chi connectivity index (χ2v) is 6.03. The molecule has 0 aliphatic heterocycles. The summed E-state index contributed by atoms with van der Waals surface area (Å²) in [5.74, 6) is -5.58. The average Bonchev–Trinajstić information content (AvgIpc) is 2.65. The zero-order valence-electron chi connectivity index (χ0n) is 13.7. The molecule has 3 rings (SSSR count). The lowest BCUT2D eigenvalue weighted by atomic mass is 10.2. The summed E-state index contributed by atoms with van der Waals surface area (Å²) in [6, 6.07) is 11.2. The fraction of sp³-hybridized carbons (Fsp3) is 0.0526. The van der Waals surface area contributed by atoms with Crippen molar-refractivity contribution in [3.05, 3.63) is 98.7 Å². The molecule has 0 aliphatic rings. The molecule has 1 aromatic heterocycles. The van der Waals surface area contributed by atoms with Crippen LogP contribution in [0.3, 0.4) is 0 Å². The van der Waals surface area contributed by atoms with Gasteiger partial charge in [0, 0.05) is 11.2 Å². The number of carbonyl (C=O) groups is 1. The Labute approximate surface area is 156 Å². The number of nitrogens with one attached hydrogen (secondary N) is 1. The van der Waals surface area contributed by atoms with Crippen LogP contribution in [0.25, 0.3) is 0 Å². The van der Waals surface area contributed by atoms with Gasteiger partial charge in [-0.15, -0.1) is 0 Å². The van der Waals surface area contributed by atoms with Crippen LogP contribution in [0.5, 0.6) is 0 Å². The van der Waals surface area contributed by atoms with Crippen molar-refractivity contribution < 1.29 is 18.0 Å². The number of benzene rings is 2. The second-order valence-electron chi connectivity index (χ2n) is 5.62. The van der Waals surface area contributed by atoms with Crippen molar-refractivity contribution in [2.24, 2.45) is 0 Å². The minimum atomic E-state index is -1.71. The van der Waals surface area contributed by atoms with Gasteiger partial charge in [-0.25, -0.2) is 13.2 Å². The molecule has 8 heteroatoms. The van der Waals surface area contributed by atoms with Crippen LogP contribution in [-0.2, 0) is 6.54 Å². The monoisotopic (exact) mass is 392 g/mol. The van der Waals surface area contributed by atoms with Gasteiger partial charge in [-0.05, 0) is 35.9 Å². The molecular weight excluding hydrogens is 381 g/mol. The highest BCUT2D eigenvalue weighted by molar-refractivity contribution is 6.31. The molecule has 0 fully saturated rings. The number of rotatable bonds is 4. The van der Waals surface area contributed by atoms with Crippen LogP contribution in [0.15, 0.2) is 59.5 Å². The minimum Gasteiger partial charge on any atom is -0.319 e. The zero-order valence-corrected chi connectivity index (χ0v) is 14.4. The maximum Gasteiger partial charge on any atom is 0.263 e. The number of aromatic nitrogens is 1. The molecular formula is C19H12ClF3N2O2. The van der Waals surface area contributed by atoms with E-state index in [1.165, 1.54) is 22.9 Å². The summed E-state index contributed by atoms with van der Waals surface area (Å²) in [7, 11) is 0. The van der Waals surface area contributed by atoms with Gasteiger partial charge < -0.3 is 9.88 Å². The topological polar surface area (TPSA) is 51.1 Å². The van der Waals surface area contributed by atoms with E-state index in [1.807, 2.05) is 0 Å². The van der Waals surface area contributed by atoms with E-state index in [-0.39, 0.29) is 12.1 Å². The molecule has 0 saturated heterocycles. The summed E-state index contributed by atoms with van der Waals surface area (Å²) in [5, 5.41) is 2.54. The Kier molecular flexibility index (Phi) is 5.32. The predicted molar refractivity (Wildman–Crippen MR) is 95.5 cm³/mol. The zero-order chi connectivity index (χ0) is 19.6. The smallest absolute Gasteiger partial charge is 0.263 e. The number of hydrogen-bond acceptors (Lipinski definition) is 2. The van der Waals surface area contributed by atoms with Crippen molar-refractivity contribution in [3.8, 4) is 0 Å². The molecule has 1 N–H and O–H groups in total. The maximum atomic E-state index is 13.7. The third kappa shape index (κ3) is 3.88. The molecule has 1 amide bonds. The molecule has 0 spiro atoms. The van der Waals surface area contributed by atoms with Gasteiger partial charge in [-0.1, -0.05) is 29.8 Å². The highest BCUT2D eigenvalue weighted by Crippen LogP contribution is 2.20. The second kappa shape index (κ2) is 7.67. The Balaban J connectivity index is 1.89. The van der Waals surface area contributed by atoms with Gasteiger partial charge >= 0.3 is 0 Å². The highest BCUT2D eigenvalue weighted by atomic mass is 35.5. The van der Waals surface area contributed by atoms with Crippen molar-refractivity contribution in [2.75, 3.05) is 5.32 Å². The minimum absolute atomic E-state index is 0.124. The summed E-state index contributed by atoms with van der Waals surface area (Å²) in [6.07, 6.45) is 1.47. The van der Waals surface area contributed by atoms with Crippen molar-refractivity contribution in [3.63, 3.8) is 0 Å². The van der Waals surface area contributed by atoms with E-state index in [0.29, 0.717) is 16.7 Å². The van der Waals surface area contributed by atoms with Crippen LogP contribution in [0.2, 0.25) is 5.02 Å². The van der Waals surface area contributed by atoms with Gasteiger partial charge in [0.05, 0.1) is 12.2 Å². The third-order valence-corrected chi connectivity index (χ3v) is 4.22. The number of pyridine rings is 1. The summed E-state index contributed by atoms with van der Waals surface area (Å²) < 4.78 is 41.3. The van der Waals surface area contributed by atoms with Gasteiger partial charge in [0.25, 0.3) is 11.5 Å². The molecule has 0 saturated carbocycles. The fourth-order valence-corrected chi connectivity index (χ4v) is 2.65. The van der Waals surface area contributed by atoms with E-state index in [2.05, 4.69) is 5.32 Å². The molecule has 27 heavy (non-hydrogen) atoms. The van der Waals surface area contributed by atoms with Gasteiger partial charge in [0.15, 0.2) is 17.5 Å². The number of hydrogen-bond donors (Lipinski definition) is 1. The Morgan fingerprint density at radius 3 is 2.48 bits per heavy atom. The Morgan fingerprint density at radius 1 is 1.00 bits per heavy atom. The maximum absolute atomic E-state index is 13.7. The summed E-state index contributed by atoms with van der Waals surface area (Å²) in [6.45, 7) is 0.124. The summed E-state index contributed by atoms with van der Waals surface area (Å²) in [4.78, 5) is 24.9. The lowest BCUT2D eigenvalue weighted by Crippen LogP contribution is -2.29. The van der Waals surface area contributed by atoms with Crippen LogP contribution in [0.1, 0.15) is 15.9 Å². The predicted octanol–water partition coefficient (Wildman–Crippen LogP) is 4.22. The molecule has 2 aromatic carbocycles. The molecule has 0 radical (unpaired) electrons. The lowest BCUT2D eigenvalue weighted by Gasteiger charge is -2.10. The van der Waals surface area contributed by atoms with Crippen LogP contribution in [-0.4, -0.2) is 10.5 Å². The number of halogens is 4. The number of carbonyl (C=O) groups excluding carboxylic acids is 1. The molecule has 138 valence electrons. The Morgan fingerprint density at radius 2 is 1.74 bits per heavy atom. The SMILES string of the molecule is O=C(Nc1ccc(F)c(F)c1F)c1cccn(Cc2ccccc2Cl)c1=O. The van der Waals surface area contributed by atoms with E-state index in [9.17, 15) is 22.8 Å². The average molecular weight is 393 g/mol. The van der Waals surface area contributed by atoms with Gasteiger partial charge in [-0.2, -0.15) is 0 Å². The van der Waals surface area contributed by atoms with Crippen LogP contribution in [0.4, 0.5) is 18.9 Å². The standard InChI is InChI=1S/C19H12ClF3N2O2/c20-13-6-2-1-4-11(13)10-25-9-3-5-12(19(25)27)18(26)24-15-8-7-14(21)16(22)17(15)23/h1-9H,10H2,(H,24,26). The van der Waals surface area contributed by atoms with Gasteiger partial charge in [0.2, 0.25) is 0 Å². The molecule has 0 atom stereocenters. The van der Waals surface area contributed by atoms with E-state index >= 15 is 0 Å². The first kappa shape index (κ1) is 18.7. The Bertz CT molecular complexity index is 1080. The van der Waals surface area contributed by atoms with Crippen LogP contribution < -0.4 is 10.9 Å². The first-order valence-electron chi connectivity index (χ1n) is 7.76. The van der Waals surface area contributed by atoms with Crippen molar-refractivity contribution >= 4 is 23.2 Å². The largest absolute Gasteiger partial charge is 0.319 e. The molecule has 4 nitrogen and oxygen atoms in total. The van der Waals surface area contributed by atoms with Crippen LogP contribution in [0, 0.1) is 17.5 Å². The fourth-order valence-electron chi connectivity index (χ4n) is 2.46. The van der Waals surface area contributed by atoms with Crippen molar-refractivity contribution in [1.82, 2.24) is 4.57 Å². The molecule has 1 heterocycles. The molecule has 0 unspecified atom stereocenters. The van der Waals surface area contributed by atoms with E-state index in [4.69, 9.17) is 11.6 Å². The van der Waals surface area contributed by atoms with Crippen molar-refractivity contribution in [2.45, 2.75) is 6.54 Å². The number of nitrogens with zero attached hydrogens (tertiary/aromatic N) is 1. The number of anilines is 1. The number of amides is 1. The molecule has 0 bridgehead atoms. The summed E-state index contributed by atoms with van der Waals surface area (Å²) in [5.41, 5.74) is -0.822. The molecule has 0 aliphatic carbocycles. The van der Waals surface area contributed by atoms with E-state index < -0.39 is 34.6 Å². The highest BCUT2D eigenvalue weighted by Gasteiger charge is 2.18. The lowest BCUT2D eigenvalue weighted by molar-refractivity contribution is 0.102. The first-order chi connectivity index (χ1) is 12.9.